The molecule has 0 spiro atoms. The average molecular weight is 387 g/mol. The molecule has 4 rings (SSSR count). The Morgan fingerprint density at radius 3 is 3.08 bits per heavy atom. The molecule has 7 nitrogen and oxygen atoms in total. The lowest BCUT2D eigenvalue weighted by atomic mass is 9.96. The molecule has 3 aromatic rings. The highest BCUT2D eigenvalue weighted by Crippen LogP contribution is 2.36. The van der Waals surface area contributed by atoms with Crippen molar-refractivity contribution >= 4 is 33.3 Å². The molecule has 1 saturated heterocycles. The number of fused-ring (bicyclic) bond motifs is 1. The van der Waals surface area contributed by atoms with Gasteiger partial charge in [0.25, 0.3) is 0 Å². The van der Waals surface area contributed by atoms with E-state index in [-0.39, 0.29) is 5.88 Å². The van der Waals surface area contributed by atoms with Crippen LogP contribution in [0.2, 0.25) is 0 Å². The normalized spacial score (nSPS) is 17.9. The summed E-state index contributed by atoms with van der Waals surface area (Å²) in [5, 5.41) is 7.75. The maximum absolute atomic E-state index is 7.04. The summed E-state index contributed by atoms with van der Waals surface area (Å²) < 4.78 is 7.63. The molecule has 0 aliphatic carbocycles. The van der Waals surface area contributed by atoms with E-state index in [2.05, 4.69) is 31.2 Å². The minimum Gasteiger partial charge on any atom is -0.486 e. The van der Waals surface area contributed by atoms with Gasteiger partial charge in [-0.15, -0.1) is 0 Å². The van der Waals surface area contributed by atoms with Crippen LogP contribution in [0.4, 0.5) is 11.7 Å². The van der Waals surface area contributed by atoms with Crippen molar-refractivity contribution in [3.05, 3.63) is 40.1 Å². The molecule has 8 heteroatoms. The Kier molecular flexibility index (Phi) is 3.75. The maximum Gasteiger partial charge on any atom is 0.346 e. The lowest BCUT2D eigenvalue weighted by molar-refractivity contribution is 0.453. The van der Waals surface area contributed by atoms with Crippen LogP contribution in [0.3, 0.4) is 0 Å². The number of hydrogen-bond acceptors (Lipinski definition) is 5. The second-order valence-corrected chi connectivity index (χ2v) is 6.61. The van der Waals surface area contributed by atoms with Crippen LogP contribution in [0.15, 0.2) is 27.4 Å². The van der Waals surface area contributed by atoms with Crippen LogP contribution in [0.25, 0.3) is 21.6 Å². The number of anilines is 1. The first-order chi connectivity index (χ1) is 11.7. The molecule has 0 aromatic carbocycles. The average Bonchev–Trinajstić information content (AvgIpc) is 3.25. The summed E-state index contributed by atoms with van der Waals surface area (Å²) in [7, 11) is 0. The molecule has 1 aliphatic heterocycles. The Morgan fingerprint density at radius 1 is 1.50 bits per heavy atom. The van der Waals surface area contributed by atoms with Crippen molar-refractivity contribution in [2.45, 2.75) is 18.8 Å². The van der Waals surface area contributed by atoms with E-state index in [1.807, 2.05) is 0 Å². The van der Waals surface area contributed by atoms with Gasteiger partial charge >= 0.3 is 5.88 Å². The van der Waals surface area contributed by atoms with Gasteiger partial charge in [-0.1, -0.05) is 0 Å². The van der Waals surface area contributed by atoms with Gasteiger partial charge in [-0.05, 0) is 41.4 Å². The first-order valence-corrected chi connectivity index (χ1v) is 8.48. The molecule has 3 aromatic heterocycles. The van der Waals surface area contributed by atoms with E-state index in [9.17, 15) is 0 Å². The van der Waals surface area contributed by atoms with Gasteiger partial charge in [0, 0.05) is 23.6 Å². The summed E-state index contributed by atoms with van der Waals surface area (Å²) in [6.07, 6.45) is 5.44. The van der Waals surface area contributed by atoms with Crippen LogP contribution in [0.5, 0.6) is 0 Å². The third-order valence-corrected chi connectivity index (χ3v) is 5.15. The van der Waals surface area contributed by atoms with Gasteiger partial charge in [-0.25, -0.2) is 4.98 Å². The van der Waals surface area contributed by atoms with E-state index < -0.39 is 0 Å². The van der Waals surface area contributed by atoms with Crippen molar-refractivity contribution in [3.63, 3.8) is 0 Å². The van der Waals surface area contributed by atoms with Crippen LogP contribution in [-0.2, 0) is 0 Å². The van der Waals surface area contributed by atoms with E-state index in [0.29, 0.717) is 17.4 Å². The Hall–Kier alpha value is -2.37. The number of hydrogen-bond donors (Lipinski definition) is 2. The minimum atomic E-state index is 0.242. The molecular formula is C16H15BrN6O. The number of aromatic nitrogens is 3. The monoisotopic (exact) mass is 386 g/mol. The van der Waals surface area contributed by atoms with Crippen LogP contribution in [0, 0.1) is 6.57 Å². The minimum absolute atomic E-state index is 0.242. The van der Waals surface area contributed by atoms with Crippen molar-refractivity contribution in [3.8, 4) is 11.1 Å². The number of piperidine rings is 1. The molecular weight excluding hydrogens is 372 g/mol. The smallest absolute Gasteiger partial charge is 0.346 e. The molecule has 0 bridgehead atoms. The molecule has 0 amide bonds. The number of nitrogens with one attached hydrogen (secondary N) is 1. The van der Waals surface area contributed by atoms with E-state index >= 15 is 0 Å². The molecule has 3 N–H and O–H groups in total. The Morgan fingerprint density at radius 2 is 2.38 bits per heavy atom. The molecule has 1 fully saturated rings. The highest BCUT2D eigenvalue weighted by atomic mass is 79.9. The Bertz CT molecular complexity index is 948. The fourth-order valence-corrected chi connectivity index (χ4v) is 3.68. The third kappa shape index (κ3) is 2.37. The Labute approximate surface area is 146 Å². The van der Waals surface area contributed by atoms with E-state index in [4.69, 9.17) is 21.7 Å². The molecule has 1 aliphatic rings. The highest BCUT2D eigenvalue weighted by Gasteiger charge is 2.24. The lowest BCUT2D eigenvalue weighted by Crippen LogP contribution is -2.29. The molecule has 4 heterocycles. The number of nitrogen functional groups attached to an aromatic ring is 1. The summed E-state index contributed by atoms with van der Waals surface area (Å²) in [6.45, 7) is 8.96. The van der Waals surface area contributed by atoms with Crippen LogP contribution >= 0.6 is 15.9 Å². The van der Waals surface area contributed by atoms with Gasteiger partial charge in [0.1, 0.15) is 5.82 Å². The van der Waals surface area contributed by atoms with Crippen molar-refractivity contribution in [1.82, 2.24) is 19.9 Å². The van der Waals surface area contributed by atoms with Crippen molar-refractivity contribution < 1.29 is 4.42 Å². The Balaban J connectivity index is 1.88. The number of rotatable bonds is 2. The van der Waals surface area contributed by atoms with Crippen LogP contribution < -0.4 is 11.1 Å². The number of halogens is 1. The standard InChI is InChI=1S/C16H15BrN6O/c1-19-12-5-10(8-24-12)11-7-21-23-15(18)13(17)14(22-16(11)23)9-3-2-4-20-6-9/h5,7-9,20H,2-4,6,18H2. The number of furan rings is 1. The summed E-state index contributed by atoms with van der Waals surface area (Å²) in [6, 6.07) is 1.69. The zero-order valence-electron chi connectivity index (χ0n) is 12.8. The van der Waals surface area contributed by atoms with E-state index in [1.165, 1.54) is 0 Å². The predicted octanol–water partition coefficient (Wildman–Crippen LogP) is 3.35. The van der Waals surface area contributed by atoms with Gasteiger partial charge in [0.05, 0.1) is 29.2 Å². The number of nitrogens with zero attached hydrogens (tertiary/aromatic N) is 4. The number of nitrogens with two attached hydrogens (primary N) is 1. The SMILES string of the molecule is [C-]#[N+]c1cc(-c2cnn3c(N)c(Br)c(C4CCCNC4)nc23)co1. The second-order valence-electron chi connectivity index (χ2n) is 5.82. The zero-order valence-corrected chi connectivity index (χ0v) is 14.4. The van der Waals surface area contributed by atoms with Gasteiger partial charge < -0.3 is 15.5 Å². The summed E-state index contributed by atoms with van der Waals surface area (Å²) in [5.41, 5.74) is 9.47. The highest BCUT2D eigenvalue weighted by molar-refractivity contribution is 9.10. The predicted molar refractivity (Wildman–Crippen MR) is 93.9 cm³/mol. The van der Waals surface area contributed by atoms with E-state index in [1.54, 1.807) is 23.0 Å². The van der Waals surface area contributed by atoms with Gasteiger partial charge in [0.2, 0.25) is 0 Å². The maximum atomic E-state index is 7.04. The molecule has 1 unspecified atom stereocenters. The summed E-state index contributed by atoms with van der Waals surface area (Å²) >= 11 is 3.58. The van der Waals surface area contributed by atoms with Gasteiger partial charge in [0.15, 0.2) is 5.65 Å². The summed E-state index contributed by atoms with van der Waals surface area (Å²) in [5.74, 6) is 1.08. The molecule has 24 heavy (non-hydrogen) atoms. The second kappa shape index (κ2) is 5.92. The third-order valence-electron chi connectivity index (χ3n) is 4.34. The van der Waals surface area contributed by atoms with Crippen molar-refractivity contribution in [1.29, 1.82) is 0 Å². The molecule has 0 radical (unpaired) electrons. The molecule has 0 saturated carbocycles. The van der Waals surface area contributed by atoms with Gasteiger partial charge in [-0.3, -0.25) is 0 Å². The largest absolute Gasteiger partial charge is 0.486 e. The molecule has 1 atom stereocenters. The van der Waals surface area contributed by atoms with Crippen molar-refractivity contribution in [2.75, 3.05) is 18.8 Å². The summed E-state index contributed by atoms with van der Waals surface area (Å²) in [4.78, 5) is 8.14. The fourth-order valence-electron chi connectivity index (χ4n) is 3.10. The van der Waals surface area contributed by atoms with E-state index in [0.717, 1.165) is 47.2 Å². The topological polar surface area (TPSA) is 85.7 Å². The quantitative estimate of drug-likeness (QED) is 0.659. The first kappa shape index (κ1) is 15.2. The van der Waals surface area contributed by atoms with Crippen molar-refractivity contribution in [2.24, 2.45) is 0 Å². The van der Waals surface area contributed by atoms with Crippen LogP contribution in [-0.4, -0.2) is 27.7 Å². The zero-order chi connectivity index (χ0) is 16.7. The fraction of sp³-hybridized carbons (Fsp3) is 0.312. The first-order valence-electron chi connectivity index (χ1n) is 7.68. The molecule has 122 valence electrons. The van der Waals surface area contributed by atoms with Crippen LogP contribution in [0.1, 0.15) is 24.5 Å². The van der Waals surface area contributed by atoms with Gasteiger partial charge in [-0.2, -0.15) is 14.5 Å². The lowest BCUT2D eigenvalue weighted by Gasteiger charge is -2.23.